The van der Waals surface area contributed by atoms with Gasteiger partial charge in [-0.25, -0.2) is 9.98 Å². The lowest BCUT2D eigenvalue weighted by Gasteiger charge is -2.18. The molecule has 5 rings (SSSR count). The summed E-state index contributed by atoms with van der Waals surface area (Å²) in [6.45, 7) is -0.902. The second-order valence-corrected chi connectivity index (χ2v) is 10.4. The summed E-state index contributed by atoms with van der Waals surface area (Å²) in [4.78, 5) is 24.2. The molecule has 204 valence electrons. The van der Waals surface area contributed by atoms with Gasteiger partial charge in [0.05, 0.1) is 18.5 Å². The summed E-state index contributed by atoms with van der Waals surface area (Å²) in [5.74, 6) is 0.839. The summed E-state index contributed by atoms with van der Waals surface area (Å²) in [5.41, 5.74) is 4.47. The van der Waals surface area contributed by atoms with Crippen molar-refractivity contribution in [2.75, 3.05) is 17.3 Å². The average Bonchev–Trinajstić information content (AvgIpc) is 3.53. The van der Waals surface area contributed by atoms with Crippen LogP contribution in [0.25, 0.3) is 6.08 Å². The molecule has 3 aromatic carbocycles. The van der Waals surface area contributed by atoms with Crippen LogP contribution in [0.5, 0.6) is 11.5 Å². The number of carbonyl (C=O) groups is 1. The van der Waals surface area contributed by atoms with Crippen LogP contribution in [0.4, 0.5) is 25.3 Å². The molecule has 0 atom stereocenters. The Labute approximate surface area is 238 Å². The largest absolute Gasteiger partial charge is 0.497 e. The van der Waals surface area contributed by atoms with E-state index in [4.69, 9.17) is 4.74 Å². The smallest absolute Gasteiger partial charge is 0.387 e. The Balaban J connectivity index is 1.36. The van der Waals surface area contributed by atoms with E-state index in [1.807, 2.05) is 48.7 Å². The van der Waals surface area contributed by atoms with Gasteiger partial charge in [-0.05, 0) is 67.1 Å². The summed E-state index contributed by atoms with van der Waals surface area (Å²) in [6.07, 6.45) is 1.70. The Bertz CT molecular complexity index is 1540. The van der Waals surface area contributed by atoms with Crippen LogP contribution >= 0.6 is 23.1 Å². The second kappa shape index (κ2) is 12.3. The van der Waals surface area contributed by atoms with Crippen molar-refractivity contribution in [2.24, 2.45) is 4.99 Å². The number of aryl methyl sites for hydroxylation is 1. The monoisotopic (exact) mass is 578 g/mol. The molecule has 0 spiro atoms. The minimum Gasteiger partial charge on any atom is -0.497 e. The topological polar surface area (TPSA) is 76.1 Å². The van der Waals surface area contributed by atoms with Gasteiger partial charge in [0, 0.05) is 16.8 Å². The van der Waals surface area contributed by atoms with E-state index in [2.05, 4.69) is 20.0 Å². The standard InChI is InChI=1S/C29H24F2N4O3S2/c1-18-3-7-20(8-4-18)32-28-33-21(16-39-28)17-40-29-34-25(15-19-5-11-23(37-2)12-6-19)26(36)35(29)22-9-13-24(14-10-22)38-27(30)31/h3-16,27H,17H2,1-2H3,(H,32,33)/b25-15+. The first-order valence-corrected chi connectivity index (χ1v) is 14.0. The van der Waals surface area contributed by atoms with E-state index in [-0.39, 0.29) is 17.4 Å². The van der Waals surface area contributed by atoms with Gasteiger partial charge in [-0.3, -0.25) is 9.69 Å². The number of alkyl halides is 2. The number of halogens is 2. The predicted octanol–water partition coefficient (Wildman–Crippen LogP) is 7.48. The number of nitrogens with one attached hydrogen (secondary N) is 1. The fourth-order valence-corrected chi connectivity index (χ4v) is 5.53. The number of hydrogen-bond donors (Lipinski definition) is 1. The minimum absolute atomic E-state index is 0.00150. The lowest BCUT2D eigenvalue weighted by Crippen LogP contribution is -2.30. The second-order valence-electron chi connectivity index (χ2n) is 8.63. The zero-order chi connectivity index (χ0) is 28.1. The van der Waals surface area contributed by atoms with Gasteiger partial charge in [0.15, 0.2) is 10.3 Å². The van der Waals surface area contributed by atoms with Gasteiger partial charge in [0.1, 0.15) is 17.2 Å². The van der Waals surface area contributed by atoms with Gasteiger partial charge in [0.2, 0.25) is 0 Å². The van der Waals surface area contributed by atoms with E-state index < -0.39 is 6.61 Å². The highest BCUT2D eigenvalue weighted by Crippen LogP contribution is 2.33. The SMILES string of the molecule is COc1ccc(/C=C2/N=C(SCc3csc(Nc4ccc(C)cc4)n3)N(c3ccc(OC(F)F)cc3)C2=O)cc1. The van der Waals surface area contributed by atoms with E-state index in [0.717, 1.165) is 22.1 Å². The maximum absolute atomic E-state index is 13.5. The van der Waals surface area contributed by atoms with E-state index in [1.54, 1.807) is 37.5 Å². The summed E-state index contributed by atoms with van der Waals surface area (Å²) < 4.78 is 34.9. The van der Waals surface area contributed by atoms with Crippen molar-refractivity contribution in [3.05, 3.63) is 101 Å². The minimum atomic E-state index is -2.94. The number of carbonyl (C=O) groups excluding carboxylic acids is 1. The third-order valence-corrected chi connectivity index (χ3v) is 7.55. The summed E-state index contributed by atoms with van der Waals surface area (Å²) >= 11 is 2.85. The van der Waals surface area contributed by atoms with Crippen molar-refractivity contribution in [1.29, 1.82) is 0 Å². The summed E-state index contributed by atoms with van der Waals surface area (Å²) in [6, 6.07) is 21.2. The highest BCUT2D eigenvalue weighted by molar-refractivity contribution is 8.13. The number of anilines is 3. The Morgan fingerprint density at radius 2 is 1.73 bits per heavy atom. The zero-order valence-electron chi connectivity index (χ0n) is 21.5. The molecule has 1 aliphatic heterocycles. The molecule has 11 heteroatoms. The van der Waals surface area contributed by atoms with Crippen LogP contribution in [0.2, 0.25) is 0 Å². The molecule has 1 aliphatic rings. The quantitative estimate of drug-likeness (QED) is 0.208. The normalized spacial score (nSPS) is 14.1. The van der Waals surface area contributed by atoms with Crippen molar-refractivity contribution in [3.8, 4) is 11.5 Å². The molecular weight excluding hydrogens is 554 g/mol. The Hall–Kier alpha value is -4.22. The molecule has 1 N–H and O–H groups in total. The molecule has 2 heterocycles. The molecule has 1 amide bonds. The van der Waals surface area contributed by atoms with Crippen LogP contribution in [-0.2, 0) is 10.5 Å². The molecule has 0 unspecified atom stereocenters. The lowest BCUT2D eigenvalue weighted by atomic mass is 10.2. The van der Waals surface area contributed by atoms with Crippen molar-refractivity contribution in [3.63, 3.8) is 0 Å². The van der Waals surface area contributed by atoms with Gasteiger partial charge in [0.25, 0.3) is 5.91 Å². The first-order chi connectivity index (χ1) is 19.4. The average molecular weight is 579 g/mol. The number of nitrogens with zero attached hydrogens (tertiary/aromatic N) is 3. The number of amides is 1. The Morgan fingerprint density at radius 1 is 1.02 bits per heavy atom. The Morgan fingerprint density at radius 3 is 2.40 bits per heavy atom. The molecular formula is C29H24F2N4O3S2. The number of thiazole rings is 1. The molecule has 0 aliphatic carbocycles. The number of amidine groups is 1. The number of thioether (sulfide) groups is 1. The van der Waals surface area contributed by atoms with Gasteiger partial charge in [-0.2, -0.15) is 8.78 Å². The van der Waals surface area contributed by atoms with Crippen LogP contribution in [0, 0.1) is 6.92 Å². The fourth-order valence-electron chi connectivity index (χ4n) is 3.79. The molecule has 0 radical (unpaired) electrons. The van der Waals surface area contributed by atoms with Crippen LogP contribution in [0.1, 0.15) is 16.8 Å². The van der Waals surface area contributed by atoms with Gasteiger partial charge >= 0.3 is 6.61 Å². The highest BCUT2D eigenvalue weighted by atomic mass is 32.2. The molecule has 0 saturated heterocycles. The third-order valence-electron chi connectivity index (χ3n) is 5.77. The first kappa shape index (κ1) is 27.4. The molecule has 0 bridgehead atoms. The fraction of sp³-hybridized carbons (Fsp3) is 0.138. The predicted molar refractivity (Wildman–Crippen MR) is 157 cm³/mol. The molecule has 0 fully saturated rings. The highest BCUT2D eigenvalue weighted by Gasteiger charge is 2.32. The maximum atomic E-state index is 13.5. The number of aliphatic imine (C=N–C) groups is 1. The van der Waals surface area contributed by atoms with Gasteiger partial charge < -0.3 is 14.8 Å². The number of benzene rings is 3. The van der Waals surface area contributed by atoms with Crippen LogP contribution in [-0.4, -0.2) is 29.8 Å². The molecule has 4 aromatic rings. The van der Waals surface area contributed by atoms with Crippen molar-refractivity contribution in [2.45, 2.75) is 19.3 Å². The number of methoxy groups -OCH3 is 1. The van der Waals surface area contributed by atoms with E-state index in [9.17, 15) is 13.6 Å². The molecule has 0 saturated carbocycles. The maximum Gasteiger partial charge on any atom is 0.387 e. The number of ether oxygens (including phenoxy) is 2. The van der Waals surface area contributed by atoms with Crippen LogP contribution in [0.15, 0.2) is 88.9 Å². The van der Waals surface area contributed by atoms with Gasteiger partial charge in [-0.1, -0.05) is 41.6 Å². The zero-order valence-corrected chi connectivity index (χ0v) is 23.1. The number of aromatic nitrogens is 1. The molecule has 40 heavy (non-hydrogen) atoms. The Kier molecular flexibility index (Phi) is 8.42. The summed E-state index contributed by atoms with van der Waals surface area (Å²) in [5, 5.41) is 6.47. The van der Waals surface area contributed by atoms with E-state index in [1.165, 1.54) is 45.7 Å². The van der Waals surface area contributed by atoms with Crippen LogP contribution in [0.3, 0.4) is 0 Å². The third kappa shape index (κ3) is 6.67. The first-order valence-electron chi connectivity index (χ1n) is 12.1. The lowest BCUT2D eigenvalue weighted by molar-refractivity contribution is -0.113. The van der Waals surface area contributed by atoms with Crippen LogP contribution < -0.4 is 19.7 Å². The number of hydrogen-bond acceptors (Lipinski definition) is 8. The molecule has 1 aromatic heterocycles. The van der Waals surface area contributed by atoms with Crippen molar-refractivity contribution in [1.82, 2.24) is 4.98 Å². The van der Waals surface area contributed by atoms with Crippen molar-refractivity contribution < 1.29 is 23.0 Å². The summed E-state index contributed by atoms with van der Waals surface area (Å²) in [7, 11) is 1.58. The van der Waals surface area contributed by atoms with Crippen molar-refractivity contribution >= 4 is 56.8 Å². The van der Waals surface area contributed by atoms with E-state index in [0.29, 0.717) is 22.4 Å². The number of rotatable bonds is 9. The van der Waals surface area contributed by atoms with E-state index >= 15 is 0 Å². The van der Waals surface area contributed by atoms with Gasteiger partial charge in [-0.15, -0.1) is 11.3 Å². The molecule has 7 nitrogen and oxygen atoms in total.